The fourth-order valence-electron chi connectivity index (χ4n) is 2.38. The number of rotatable bonds is 5. The zero-order chi connectivity index (χ0) is 18.6. The van der Waals surface area contributed by atoms with Crippen LogP contribution >= 0.6 is 0 Å². The molecule has 2 rings (SSSR count). The number of aliphatic hydroxyl groups is 1. The third-order valence-corrected chi connectivity index (χ3v) is 3.61. The number of carbonyl (C=O) groups is 1. The van der Waals surface area contributed by atoms with Crippen molar-refractivity contribution in [1.29, 1.82) is 0 Å². The molecule has 0 aliphatic carbocycles. The molecule has 8 heteroatoms. The van der Waals surface area contributed by atoms with Gasteiger partial charge in [0.05, 0.1) is 11.7 Å². The monoisotopic (exact) mass is 356 g/mol. The smallest absolute Gasteiger partial charge is 0.416 e. The standard InChI is InChI=1S/C17H19F3N2O3/c1-10-9-14(11(2)25-10)15(23)7-8-21-16(24)22-13-5-3-12(4-6-13)17(18,19)20/h3-6,9,15,23H,7-8H2,1-2H3,(H2,21,22,24). The maximum absolute atomic E-state index is 12.5. The number of furan rings is 1. The van der Waals surface area contributed by atoms with E-state index in [1.807, 2.05) is 0 Å². The highest BCUT2D eigenvalue weighted by Crippen LogP contribution is 2.29. The van der Waals surface area contributed by atoms with E-state index in [1.54, 1.807) is 19.9 Å². The van der Waals surface area contributed by atoms with Gasteiger partial charge in [-0.15, -0.1) is 0 Å². The average molecular weight is 356 g/mol. The molecular formula is C17H19F3N2O3. The van der Waals surface area contributed by atoms with Crippen LogP contribution in [0.25, 0.3) is 0 Å². The predicted octanol–water partition coefficient (Wildman–Crippen LogP) is 4.16. The number of carbonyl (C=O) groups excluding carboxylic acids is 1. The Labute approximate surface area is 142 Å². The van der Waals surface area contributed by atoms with Gasteiger partial charge in [0.15, 0.2) is 0 Å². The molecule has 0 aliphatic rings. The summed E-state index contributed by atoms with van der Waals surface area (Å²) in [5.41, 5.74) is 0.127. The summed E-state index contributed by atoms with van der Waals surface area (Å²) in [5, 5.41) is 15.1. The van der Waals surface area contributed by atoms with Crippen LogP contribution in [0.15, 0.2) is 34.7 Å². The summed E-state index contributed by atoms with van der Waals surface area (Å²) in [6.07, 6.45) is -4.91. The van der Waals surface area contributed by atoms with Crippen LogP contribution in [0.3, 0.4) is 0 Å². The zero-order valence-electron chi connectivity index (χ0n) is 13.8. The molecule has 0 saturated heterocycles. The third-order valence-electron chi connectivity index (χ3n) is 3.61. The van der Waals surface area contributed by atoms with Crippen molar-refractivity contribution in [3.05, 3.63) is 53.0 Å². The van der Waals surface area contributed by atoms with Crippen LogP contribution in [0, 0.1) is 13.8 Å². The maximum atomic E-state index is 12.5. The number of urea groups is 1. The van der Waals surface area contributed by atoms with E-state index in [2.05, 4.69) is 10.6 Å². The van der Waals surface area contributed by atoms with Crippen LogP contribution in [-0.2, 0) is 6.18 Å². The minimum Gasteiger partial charge on any atom is -0.466 e. The molecule has 1 heterocycles. The molecule has 0 bridgehead atoms. The Hall–Kier alpha value is -2.48. The Morgan fingerprint density at radius 3 is 2.40 bits per heavy atom. The lowest BCUT2D eigenvalue weighted by atomic mass is 10.1. The fourth-order valence-corrected chi connectivity index (χ4v) is 2.38. The van der Waals surface area contributed by atoms with Crippen LogP contribution < -0.4 is 10.6 Å². The van der Waals surface area contributed by atoms with E-state index < -0.39 is 23.9 Å². The quantitative estimate of drug-likeness (QED) is 0.753. The van der Waals surface area contributed by atoms with E-state index >= 15 is 0 Å². The van der Waals surface area contributed by atoms with E-state index in [-0.39, 0.29) is 18.7 Å². The lowest BCUT2D eigenvalue weighted by molar-refractivity contribution is -0.137. The number of amides is 2. The summed E-state index contributed by atoms with van der Waals surface area (Å²) in [5.74, 6) is 1.32. The molecule has 0 aliphatic heterocycles. The Bertz CT molecular complexity index is 724. The van der Waals surface area contributed by atoms with Gasteiger partial charge in [-0.3, -0.25) is 0 Å². The van der Waals surface area contributed by atoms with Crippen LogP contribution in [0.2, 0.25) is 0 Å². The summed E-state index contributed by atoms with van der Waals surface area (Å²) < 4.78 is 42.7. The van der Waals surface area contributed by atoms with Crippen molar-refractivity contribution >= 4 is 11.7 Å². The predicted molar refractivity (Wildman–Crippen MR) is 86.2 cm³/mol. The minimum absolute atomic E-state index is 0.192. The van der Waals surface area contributed by atoms with Crippen LogP contribution in [-0.4, -0.2) is 17.7 Å². The van der Waals surface area contributed by atoms with Gasteiger partial charge in [0.2, 0.25) is 0 Å². The van der Waals surface area contributed by atoms with Gasteiger partial charge in [-0.25, -0.2) is 4.79 Å². The molecule has 136 valence electrons. The molecule has 1 aromatic carbocycles. The van der Waals surface area contributed by atoms with Gasteiger partial charge < -0.3 is 20.2 Å². The lowest BCUT2D eigenvalue weighted by Crippen LogP contribution is -2.30. The van der Waals surface area contributed by atoms with Gasteiger partial charge >= 0.3 is 12.2 Å². The van der Waals surface area contributed by atoms with E-state index in [4.69, 9.17) is 4.42 Å². The molecule has 2 aromatic rings. The number of aliphatic hydroxyl groups excluding tert-OH is 1. The highest BCUT2D eigenvalue weighted by atomic mass is 19.4. The van der Waals surface area contributed by atoms with Crippen molar-refractivity contribution in [1.82, 2.24) is 5.32 Å². The van der Waals surface area contributed by atoms with Gasteiger partial charge in [-0.05, 0) is 50.6 Å². The Balaban J connectivity index is 1.80. The highest BCUT2D eigenvalue weighted by molar-refractivity contribution is 5.89. The summed E-state index contributed by atoms with van der Waals surface area (Å²) in [6, 6.07) is 5.31. The molecule has 2 amide bonds. The Morgan fingerprint density at radius 1 is 1.24 bits per heavy atom. The van der Waals surface area contributed by atoms with Crippen LogP contribution in [0.5, 0.6) is 0 Å². The number of aryl methyl sites for hydroxylation is 2. The zero-order valence-corrected chi connectivity index (χ0v) is 13.8. The summed E-state index contributed by atoms with van der Waals surface area (Å²) in [7, 11) is 0. The van der Waals surface area contributed by atoms with E-state index in [0.29, 0.717) is 17.1 Å². The molecule has 3 N–H and O–H groups in total. The number of alkyl halides is 3. The largest absolute Gasteiger partial charge is 0.466 e. The van der Waals surface area contributed by atoms with Crippen molar-refractivity contribution in [2.24, 2.45) is 0 Å². The topological polar surface area (TPSA) is 74.5 Å². The first kappa shape index (κ1) is 18.9. The van der Waals surface area contributed by atoms with Crippen molar-refractivity contribution < 1.29 is 27.5 Å². The second kappa shape index (κ2) is 7.60. The van der Waals surface area contributed by atoms with Gasteiger partial charge in [-0.2, -0.15) is 13.2 Å². The molecule has 25 heavy (non-hydrogen) atoms. The minimum atomic E-state index is -4.42. The summed E-state index contributed by atoms with van der Waals surface area (Å²) in [6.45, 7) is 3.71. The highest BCUT2D eigenvalue weighted by Gasteiger charge is 2.29. The molecule has 0 radical (unpaired) electrons. The first-order valence-corrected chi connectivity index (χ1v) is 7.64. The average Bonchev–Trinajstić information content (AvgIpc) is 2.85. The molecule has 1 aromatic heterocycles. The first-order valence-electron chi connectivity index (χ1n) is 7.64. The number of hydrogen-bond donors (Lipinski definition) is 3. The van der Waals surface area contributed by atoms with Crippen LogP contribution in [0.4, 0.5) is 23.7 Å². The molecular weight excluding hydrogens is 337 g/mol. The van der Waals surface area contributed by atoms with Gasteiger partial charge in [0, 0.05) is 17.8 Å². The number of hydrogen-bond acceptors (Lipinski definition) is 3. The second-order valence-corrected chi connectivity index (χ2v) is 5.63. The van der Waals surface area contributed by atoms with Crippen molar-refractivity contribution in [3.63, 3.8) is 0 Å². The Kier molecular flexibility index (Phi) is 5.73. The number of halogens is 3. The summed E-state index contributed by atoms with van der Waals surface area (Å²) in [4.78, 5) is 11.7. The van der Waals surface area contributed by atoms with Gasteiger partial charge in [0.25, 0.3) is 0 Å². The van der Waals surface area contributed by atoms with Crippen molar-refractivity contribution in [2.75, 3.05) is 11.9 Å². The second-order valence-electron chi connectivity index (χ2n) is 5.63. The molecule has 0 saturated carbocycles. The normalized spacial score (nSPS) is 12.7. The molecule has 5 nitrogen and oxygen atoms in total. The molecule has 0 fully saturated rings. The lowest BCUT2D eigenvalue weighted by Gasteiger charge is -2.12. The van der Waals surface area contributed by atoms with E-state index in [1.165, 1.54) is 12.1 Å². The third kappa shape index (κ3) is 5.25. The Morgan fingerprint density at radius 2 is 1.88 bits per heavy atom. The van der Waals surface area contributed by atoms with Gasteiger partial charge in [0.1, 0.15) is 11.5 Å². The first-order chi connectivity index (χ1) is 11.7. The SMILES string of the molecule is Cc1cc(C(O)CCNC(=O)Nc2ccc(C(F)(F)F)cc2)c(C)o1. The van der Waals surface area contributed by atoms with E-state index in [9.17, 15) is 23.1 Å². The summed E-state index contributed by atoms with van der Waals surface area (Å²) >= 11 is 0. The number of anilines is 1. The van der Waals surface area contributed by atoms with Crippen LogP contribution in [0.1, 0.15) is 35.2 Å². The van der Waals surface area contributed by atoms with Crippen molar-refractivity contribution in [3.8, 4) is 0 Å². The van der Waals surface area contributed by atoms with Gasteiger partial charge in [-0.1, -0.05) is 0 Å². The molecule has 0 spiro atoms. The maximum Gasteiger partial charge on any atom is 0.416 e. The number of nitrogens with one attached hydrogen (secondary N) is 2. The number of benzene rings is 1. The molecule has 1 atom stereocenters. The van der Waals surface area contributed by atoms with Crippen molar-refractivity contribution in [2.45, 2.75) is 32.5 Å². The van der Waals surface area contributed by atoms with E-state index in [0.717, 1.165) is 12.1 Å². The molecule has 1 unspecified atom stereocenters. The fraction of sp³-hybridized carbons (Fsp3) is 0.353.